The number of aliphatic hydroxyl groups is 1. The van der Waals surface area contributed by atoms with Crippen LogP contribution in [-0.2, 0) is 0 Å². The molecular weight excluding hydrogens is 400 g/mol. The average molecular weight is 412 g/mol. The molecule has 0 fully saturated rings. The number of carbonyl (C=O) groups excluding carboxylic acids is 1. The molecule has 1 aliphatic heterocycles. The van der Waals surface area contributed by atoms with Gasteiger partial charge in [-0.1, -0.05) is 0 Å². The van der Waals surface area contributed by atoms with Crippen LogP contribution in [0.15, 0.2) is 24.3 Å². The minimum atomic E-state index is -1.72. The molecule has 3 rings (SSSR count). The summed E-state index contributed by atoms with van der Waals surface area (Å²) in [7, 11) is 0. The standard InChI is InChI=1S/C15H12O8.4Na/c16-6-3-7(17)11-10(4-6)23-15(14(22)13(11)21)5-1-8(18)12(20)9(19)2-5;;;;/h1-4,14-20,22H;;;;/q;4*+1/t14-,15+;;;;/m0..../s1. The summed E-state index contributed by atoms with van der Waals surface area (Å²) >= 11 is 0. The number of hydrogen-bond acceptors (Lipinski definition) is 8. The van der Waals surface area contributed by atoms with Gasteiger partial charge in [-0.15, -0.1) is 0 Å². The zero-order chi connectivity index (χ0) is 16.9. The van der Waals surface area contributed by atoms with E-state index in [-0.39, 0.29) is 141 Å². The second-order valence-electron chi connectivity index (χ2n) is 5.09. The zero-order valence-electron chi connectivity index (χ0n) is 15.5. The maximum atomic E-state index is 12.2. The van der Waals surface area contributed by atoms with Crippen LogP contribution in [0, 0.1) is 0 Å². The summed E-state index contributed by atoms with van der Waals surface area (Å²) in [5.74, 6) is -3.96. The van der Waals surface area contributed by atoms with Crippen molar-refractivity contribution in [3.8, 4) is 34.5 Å². The van der Waals surface area contributed by atoms with E-state index in [4.69, 9.17) is 4.74 Å². The zero-order valence-corrected chi connectivity index (χ0v) is 23.5. The molecule has 0 saturated heterocycles. The van der Waals surface area contributed by atoms with Gasteiger partial charge < -0.3 is 35.4 Å². The van der Waals surface area contributed by atoms with Crippen molar-refractivity contribution in [3.63, 3.8) is 0 Å². The first-order valence-electron chi connectivity index (χ1n) is 6.49. The molecule has 0 bridgehead atoms. The molecule has 1 heterocycles. The van der Waals surface area contributed by atoms with Gasteiger partial charge in [-0.2, -0.15) is 0 Å². The molecular formula is C15H12Na4O8+4. The molecule has 120 valence electrons. The molecule has 0 aromatic heterocycles. The van der Waals surface area contributed by atoms with Crippen LogP contribution in [0.4, 0.5) is 0 Å². The summed E-state index contributed by atoms with van der Waals surface area (Å²) < 4.78 is 5.42. The summed E-state index contributed by atoms with van der Waals surface area (Å²) in [5.41, 5.74) is -0.258. The van der Waals surface area contributed by atoms with Gasteiger partial charge >= 0.3 is 118 Å². The minimum absolute atomic E-state index is 0. The fourth-order valence-electron chi connectivity index (χ4n) is 2.45. The molecule has 2 atom stereocenters. The van der Waals surface area contributed by atoms with Crippen molar-refractivity contribution in [3.05, 3.63) is 35.4 Å². The van der Waals surface area contributed by atoms with Crippen molar-refractivity contribution in [2.75, 3.05) is 0 Å². The molecule has 6 N–H and O–H groups in total. The Kier molecular flexibility index (Phi) is 13.3. The van der Waals surface area contributed by atoms with Gasteiger partial charge in [-0.3, -0.25) is 4.79 Å². The van der Waals surface area contributed by atoms with Crippen LogP contribution in [-0.4, -0.2) is 42.5 Å². The monoisotopic (exact) mass is 412 g/mol. The van der Waals surface area contributed by atoms with E-state index < -0.39 is 41.0 Å². The molecule has 0 radical (unpaired) electrons. The molecule has 1 aliphatic rings. The van der Waals surface area contributed by atoms with Gasteiger partial charge in [0.1, 0.15) is 22.8 Å². The van der Waals surface area contributed by atoms with Gasteiger partial charge in [-0.05, 0) is 12.1 Å². The average Bonchev–Trinajstić information content (AvgIpc) is 2.47. The molecule has 12 heteroatoms. The third kappa shape index (κ3) is 5.95. The number of aliphatic hydroxyl groups excluding tert-OH is 1. The van der Waals surface area contributed by atoms with Crippen LogP contribution >= 0.6 is 0 Å². The Labute approximate surface area is 242 Å². The van der Waals surface area contributed by atoms with Crippen LogP contribution in [0.25, 0.3) is 0 Å². The Morgan fingerprint density at radius 3 is 1.81 bits per heavy atom. The fourth-order valence-corrected chi connectivity index (χ4v) is 2.45. The molecule has 0 amide bonds. The third-order valence-electron chi connectivity index (χ3n) is 3.54. The van der Waals surface area contributed by atoms with E-state index >= 15 is 0 Å². The molecule has 0 aliphatic carbocycles. The number of phenolic OH excluding ortho intramolecular Hbond substituents is 5. The van der Waals surface area contributed by atoms with Crippen LogP contribution in [0.2, 0.25) is 0 Å². The summed E-state index contributed by atoms with van der Waals surface area (Å²) in [6.45, 7) is 0. The predicted molar refractivity (Wildman–Crippen MR) is 74.9 cm³/mol. The number of ketones is 1. The van der Waals surface area contributed by atoms with Crippen molar-refractivity contribution in [1.82, 2.24) is 0 Å². The van der Waals surface area contributed by atoms with Gasteiger partial charge in [0.25, 0.3) is 0 Å². The Morgan fingerprint density at radius 2 is 1.30 bits per heavy atom. The maximum Gasteiger partial charge on any atom is 1.00 e. The van der Waals surface area contributed by atoms with Crippen LogP contribution in [0.3, 0.4) is 0 Å². The smallest absolute Gasteiger partial charge is 0.508 e. The molecule has 8 nitrogen and oxygen atoms in total. The Hall–Kier alpha value is 0.870. The van der Waals surface area contributed by atoms with E-state index in [1.807, 2.05) is 0 Å². The molecule has 0 unspecified atom stereocenters. The fraction of sp³-hybridized carbons (Fsp3) is 0.133. The second-order valence-corrected chi connectivity index (χ2v) is 5.09. The van der Waals surface area contributed by atoms with E-state index in [1.165, 1.54) is 0 Å². The molecule has 27 heavy (non-hydrogen) atoms. The summed E-state index contributed by atoms with van der Waals surface area (Å²) in [5, 5.41) is 57.7. The Morgan fingerprint density at radius 1 is 0.778 bits per heavy atom. The molecule has 2 aromatic rings. The Bertz CT molecular complexity index is 807. The van der Waals surface area contributed by atoms with Gasteiger partial charge in [0.15, 0.2) is 29.5 Å². The van der Waals surface area contributed by atoms with E-state index in [9.17, 15) is 35.4 Å². The van der Waals surface area contributed by atoms with E-state index in [1.54, 1.807) is 0 Å². The number of rotatable bonds is 1. The normalized spacial score (nSPS) is 17.0. The van der Waals surface area contributed by atoms with Crippen LogP contribution < -0.4 is 123 Å². The SMILES string of the molecule is O=C1c2c(O)cc(O)cc2O[C@H](c2cc(O)c(O)c(O)c2)[C@H]1O.[Na+].[Na+].[Na+].[Na+]. The van der Waals surface area contributed by atoms with Gasteiger partial charge in [0.2, 0.25) is 5.78 Å². The first kappa shape index (κ1) is 30.1. The van der Waals surface area contributed by atoms with Gasteiger partial charge in [-0.25, -0.2) is 0 Å². The Balaban J connectivity index is 0. The minimum Gasteiger partial charge on any atom is -0.508 e. The first-order chi connectivity index (χ1) is 10.8. The number of Topliss-reactive ketones (excluding diaryl/α,β-unsaturated/α-hetero) is 1. The van der Waals surface area contributed by atoms with E-state index in [0.29, 0.717) is 0 Å². The molecule has 2 aromatic carbocycles. The van der Waals surface area contributed by atoms with Gasteiger partial charge in [0.05, 0.1) is 0 Å². The number of benzene rings is 2. The molecule has 0 spiro atoms. The quantitative estimate of drug-likeness (QED) is 0.200. The van der Waals surface area contributed by atoms with Crippen molar-refractivity contribution in [1.29, 1.82) is 0 Å². The van der Waals surface area contributed by atoms with Crippen LogP contribution in [0.1, 0.15) is 22.0 Å². The predicted octanol–water partition coefficient (Wildman–Crippen LogP) is -11.1. The van der Waals surface area contributed by atoms with Gasteiger partial charge in [0, 0.05) is 17.7 Å². The molecule has 0 saturated carbocycles. The number of aromatic hydroxyl groups is 5. The number of fused-ring (bicyclic) bond motifs is 1. The summed E-state index contributed by atoms with van der Waals surface area (Å²) in [6, 6.07) is 4.06. The summed E-state index contributed by atoms with van der Waals surface area (Å²) in [4.78, 5) is 12.2. The topological polar surface area (TPSA) is 148 Å². The van der Waals surface area contributed by atoms with Crippen molar-refractivity contribution in [2.45, 2.75) is 12.2 Å². The van der Waals surface area contributed by atoms with Crippen molar-refractivity contribution < 1.29 is 158 Å². The van der Waals surface area contributed by atoms with Crippen LogP contribution in [0.5, 0.6) is 34.5 Å². The second kappa shape index (κ2) is 11.9. The van der Waals surface area contributed by atoms with Crippen molar-refractivity contribution >= 4 is 5.78 Å². The number of hydrogen-bond donors (Lipinski definition) is 6. The largest absolute Gasteiger partial charge is 1.00 e. The third-order valence-corrected chi connectivity index (χ3v) is 3.54. The number of phenols is 5. The first-order valence-corrected chi connectivity index (χ1v) is 6.49. The van der Waals surface area contributed by atoms with E-state index in [0.717, 1.165) is 24.3 Å². The van der Waals surface area contributed by atoms with E-state index in [2.05, 4.69) is 0 Å². The number of carbonyl (C=O) groups is 1. The maximum absolute atomic E-state index is 12.2. The number of ether oxygens (including phenoxy) is 1. The van der Waals surface area contributed by atoms with Crippen molar-refractivity contribution in [2.24, 2.45) is 0 Å². The summed E-state index contributed by atoms with van der Waals surface area (Å²) in [6.07, 6.45) is -3.03.